The molecule has 1 aromatic heterocycles. The van der Waals surface area contributed by atoms with Gasteiger partial charge in [-0.3, -0.25) is 9.59 Å². The summed E-state index contributed by atoms with van der Waals surface area (Å²) in [6.45, 7) is 5.07. The number of ether oxygens (including phenoxy) is 2. The smallest absolute Gasteiger partial charge is 0.263 e. The lowest BCUT2D eigenvalue weighted by Gasteiger charge is -2.44. The van der Waals surface area contributed by atoms with E-state index in [1.54, 1.807) is 4.90 Å². The third kappa shape index (κ3) is 2.74. The van der Waals surface area contributed by atoms with E-state index in [-0.39, 0.29) is 24.0 Å². The molecule has 1 aromatic carbocycles. The van der Waals surface area contributed by atoms with Gasteiger partial charge in [-0.15, -0.1) is 11.3 Å². The molecule has 0 atom stereocenters. The number of hydrogen-bond donors (Lipinski definition) is 1. The van der Waals surface area contributed by atoms with E-state index in [9.17, 15) is 9.59 Å². The molecule has 1 saturated heterocycles. The van der Waals surface area contributed by atoms with Crippen molar-refractivity contribution in [2.75, 3.05) is 18.2 Å². The minimum absolute atomic E-state index is 0.0516. The van der Waals surface area contributed by atoms with Gasteiger partial charge in [0.25, 0.3) is 5.91 Å². The Labute approximate surface area is 149 Å². The monoisotopic (exact) mass is 358 g/mol. The van der Waals surface area contributed by atoms with Crippen molar-refractivity contribution in [3.05, 3.63) is 40.1 Å². The van der Waals surface area contributed by atoms with Crippen LogP contribution in [0.25, 0.3) is 0 Å². The average molecular weight is 358 g/mol. The fourth-order valence-corrected chi connectivity index (χ4v) is 3.81. The number of rotatable bonds is 4. The Morgan fingerprint density at radius 2 is 2.08 bits per heavy atom. The van der Waals surface area contributed by atoms with Crippen LogP contribution in [0, 0.1) is 5.41 Å². The van der Waals surface area contributed by atoms with Crippen LogP contribution in [0.3, 0.4) is 0 Å². The molecule has 0 unspecified atom stereocenters. The van der Waals surface area contributed by atoms with Crippen molar-refractivity contribution in [3.63, 3.8) is 0 Å². The number of β-lactam (4-membered cyclic amide) rings is 1. The molecule has 0 saturated carbocycles. The van der Waals surface area contributed by atoms with Crippen LogP contribution in [0.5, 0.6) is 11.5 Å². The lowest BCUT2D eigenvalue weighted by Crippen LogP contribution is -2.59. The molecular formula is C18H18N2O4S. The number of carbonyl (C=O) groups excluding carboxylic acids is 2. The predicted octanol–water partition coefficient (Wildman–Crippen LogP) is 2.78. The van der Waals surface area contributed by atoms with E-state index in [1.807, 2.05) is 43.5 Å². The maximum Gasteiger partial charge on any atom is 0.263 e. The fraction of sp³-hybridized carbons (Fsp3) is 0.333. The zero-order valence-electron chi connectivity index (χ0n) is 14.0. The van der Waals surface area contributed by atoms with Gasteiger partial charge in [-0.05, 0) is 43.0 Å². The van der Waals surface area contributed by atoms with Crippen molar-refractivity contribution >= 4 is 28.8 Å². The van der Waals surface area contributed by atoms with E-state index < -0.39 is 0 Å². The normalized spacial score (nSPS) is 17.4. The van der Waals surface area contributed by atoms with Crippen LogP contribution in [0.15, 0.2) is 29.6 Å². The first-order valence-electron chi connectivity index (χ1n) is 8.02. The van der Waals surface area contributed by atoms with Crippen molar-refractivity contribution in [2.24, 2.45) is 5.41 Å². The predicted molar refractivity (Wildman–Crippen MR) is 94.2 cm³/mol. The summed E-state index contributed by atoms with van der Waals surface area (Å²) in [4.78, 5) is 27.0. The highest BCUT2D eigenvalue weighted by molar-refractivity contribution is 7.12. The number of nitrogens with zero attached hydrogens (tertiary/aromatic N) is 1. The minimum atomic E-state index is -0.345. The molecule has 0 radical (unpaired) electrons. The van der Waals surface area contributed by atoms with Gasteiger partial charge in [0.2, 0.25) is 12.7 Å². The quantitative estimate of drug-likeness (QED) is 0.854. The molecule has 0 aliphatic carbocycles. The maximum atomic E-state index is 12.6. The van der Waals surface area contributed by atoms with Crippen LogP contribution in [0.2, 0.25) is 0 Å². The Morgan fingerprint density at radius 1 is 1.28 bits per heavy atom. The molecule has 2 aromatic rings. The van der Waals surface area contributed by atoms with E-state index in [0.717, 1.165) is 11.3 Å². The topological polar surface area (TPSA) is 67.9 Å². The van der Waals surface area contributed by atoms with Gasteiger partial charge in [-0.1, -0.05) is 6.07 Å². The second kappa shape index (κ2) is 5.77. The number of hydrogen-bond acceptors (Lipinski definition) is 5. The molecular weight excluding hydrogens is 340 g/mol. The standard InChI is InChI=1S/C18H18N2O4S/c1-18(2)9-20(17(18)22)12-5-6-25-15(12)16(21)19-8-11-3-4-13-14(7-11)24-10-23-13/h3-7H,8-10H2,1-2H3,(H,19,21). The molecule has 0 bridgehead atoms. The number of thiophene rings is 1. The molecule has 2 amide bonds. The largest absolute Gasteiger partial charge is 0.454 e. The van der Waals surface area contributed by atoms with Crippen molar-refractivity contribution in [2.45, 2.75) is 20.4 Å². The Morgan fingerprint density at radius 3 is 2.84 bits per heavy atom. The summed E-state index contributed by atoms with van der Waals surface area (Å²) in [5.74, 6) is 1.28. The molecule has 1 fully saturated rings. The Hall–Kier alpha value is -2.54. The van der Waals surface area contributed by atoms with Gasteiger partial charge in [0, 0.05) is 13.1 Å². The van der Waals surface area contributed by atoms with E-state index in [2.05, 4.69) is 5.32 Å². The van der Waals surface area contributed by atoms with E-state index >= 15 is 0 Å². The average Bonchev–Trinajstić information content (AvgIpc) is 3.25. The molecule has 4 rings (SSSR count). The van der Waals surface area contributed by atoms with Crippen LogP contribution in [-0.4, -0.2) is 25.2 Å². The summed E-state index contributed by atoms with van der Waals surface area (Å²) in [6, 6.07) is 7.42. The molecule has 1 N–H and O–H groups in total. The number of fused-ring (bicyclic) bond motifs is 1. The third-order valence-corrected chi connectivity index (χ3v) is 5.31. The highest BCUT2D eigenvalue weighted by Crippen LogP contribution is 2.38. The first-order chi connectivity index (χ1) is 12.0. The Kier molecular flexibility index (Phi) is 3.68. The first-order valence-corrected chi connectivity index (χ1v) is 8.90. The van der Waals surface area contributed by atoms with Crippen LogP contribution in [0.1, 0.15) is 29.1 Å². The third-order valence-electron chi connectivity index (χ3n) is 4.41. The van der Waals surface area contributed by atoms with Crippen LogP contribution in [0.4, 0.5) is 5.69 Å². The van der Waals surface area contributed by atoms with Crippen molar-refractivity contribution < 1.29 is 19.1 Å². The van der Waals surface area contributed by atoms with E-state index in [0.29, 0.717) is 29.4 Å². The van der Waals surface area contributed by atoms with Gasteiger partial charge < -0.3 is 19.7 Å². The fourth-order valence-electron chi connectivity index (χ4n) is 3.00. The zero-order chi connectivity index (χ0) is 17.6. The number of carbonyl (C=O) groups is 2. The van der Waals surface area contributed by atoms with E-state index in [1.165, 1.54) is 11.3 Å². The summed E-state index contributed by atoms with van der Waals surface area (Å²) in [5, 5.41) is 4.75. The second-order valence-electron chi connectivity index (χ2n) is 6.78. The Balaban J connectivity index is 1.44. The molecule has 0 spiro atoms. The molecule has 25 heavy (non-hydrogen) atoms. The molecule has 2 aliphatic rings. The SMILES string of the molecule is CC1(C)CN(c2ccsc2C(=O)NCc2ccc3c(c2)OCO3)C1=O. The van der Waals surface area contributed by atoms with Gasteiger partial charge in [0.1, 0.15) is 4.88 Å². The molecule has 7 heteroatoms. The van der Waals surface area contributed by atoms with Crippen LogP contribution in [-0.2, 0) is 11.3 Å². The molecule has 6 nitrogen and oxygen atoms in total. The van der Waals surface area contributed by atoms with Gasteiger partial charge in [0.05, 0.1) is 11.1 Å². The van der Waals surface area contributed by atoms with Gasteiger partial charge >= 0.3 is 0 Å². The number of benzene rings is 1. The highest BCUT2D eigenvalue weighted by Gasteiger charge is 2.46. The lowest BCUT2D eigenvalue weighted by molar-refractivity contribution is -0.132. The molecule has 2 aliphatic heterocycles. The highest BCUT2D eigenvalue weighted by atomic mass is 32.1. The number of anilines is 1. The van der Waals surface area contributed by atoms with Gasteiger partial charge in [0.15, 0.2) is 11.5 Å². The summed E-state index contributed by atoms with van der Waals surface area (Å²) in [7, 11) is 0. The van der Waals surface area contributed by atoms with Crippen LogP contribution < -0.4 is 19.7 Å². The second-order valence-corrected chi connectivity index (χ2v) is 7.70. The molecule has 130 valence electrons. The number of amides is 2. The van der Waals surface area contributed by atoms with Gasteiger partial charge in [-0.25, -0.2) is 0 Å². The zero-order valence-corrected chi connectivity index (χ0v) is 14.8. The summed E-state index contributed by atoms with van der Waals surface area (Å²) < 4.78 is 10.6. The summed E-state index contributed by atoms with van der Waals surface area (Å²) in [5.41, 5.74) is 1.27. The van der Waals surface area contributed by atoms with Crippen molar-refractivity contribution in [3.8, 4) is 11.5 Å². The van der Waals surface area contributed by atoms with Gasteiger partial charge in [-0.2, -0.15) is 0 Å². The maximum absolute atomic E-state index is 12.6. The lowest BCUT2D eigenvalue weighted by atomic mass is 9.83. The minimum Gasteiger partial charge on any atom is -0.454 e. The first kappa shape index (κ1) is 16.0. The number of nitrogens with one attached hydrogen (secondary N) is 1. The van der Waals surface area contributed by atoms with Crippen molar-refractivity contribution in [1.29, 1.82) is 0 Å². The van der Waals surface area contributed by atoms with Crippen LogP contribution >= 0.6 is 11.3 Å². The Bertz CT molecular complexity index is 859. The van der Waals surface area contributed by atoms with Crippen molar-refractivity contribution in [1.82, 2.24) is 5.32 Å². The summed E-state index contributed by atoms with van der Waals surface area (Å²) in [6.07, 6.45) is 0. The molecule has 3 heterocycles. The summed E-state index contributed by atoms with van der Waals surface area (Å²) >= 11 is 1.34. The van der Waals surface area contributed by atoms with E-state index in [4.69, 9.17) is 9.47 Å².